The minimum atomic E-state index is -0.0587. The third-order valence-electron chi connectivity index (χ3n) is 4.06. The van der Waals surface area contributed by atoms with Gasteiger partial charge in [-0.2, -0.15) is 0 Å². The first-order valence-corrected chi connectivity index (χ1v) is 9.40. The zero-order valence-electron chi connectivity index (χ0n) is 14.5. The molecule has 25 heavy (non-hydrogen) atoms. The Balaban J connectivity index is 1.55. The Hall–Kier alpha value is -2.27. The molecule has 1 aliphatic rings. The molecule has 0 atom stereocenters. The Morgan fingerprint density at radius 1 is 1.04 bits per heavy atom. The second kappa shape index (κ2) is 7.74. The van der Waals surface area contributed by atoms with E-state index in [0.717, 1.165) is 23.4 Å². The third-order valence-corrected chi connectivity index (χ3v) is 5.22. The summed E-state index contributed by atoms with van der Waals surface area (Å²) in [5, 5.41) is 5.79. The number of anilines is 2. The van der Waals surface area contributed by atoms with Gasteiger partial charge in [-0.25, -0.2) is 0 Å². The van der Waals surface area contributed by atoms with E-state index < -0.39 is 0 Å². The number of amides is 2. The van der Waals surface area contributed by atoms with Crippen molar-refractivity contribution in [3.63, 3.8) is 0 Å². The molecule has 1 saturated carbocycles. The summed E-state index contributed by atoms with van der Waals surface area (Å²) in [5.74, 6) is 0.515. The molecule has 0 spiro atoms. The monoisotopic (exact) mass is 354 g/mol. The summed E-state index contributed by atoms with van der Waals surface area (Å²) in [6.45, 7) is 4.09. The zero-order valence-corrected chi connectivity index (χ0v) is 15.3. The lowest BCUT2D eigenvalue weighted by Gasteiger charge is -2.10. The highest BCUT2D eigenvalue weighted by Crippen LogP contribution is 2.30. The summed E-state index contributed by atoms with van der Waals surface area (Å²) in [5.41, 5.74) is 3.78. The lowest BCUT2D eigenvalue weighted by Crippen LogP contribution is -2.15. The van der Waals surface area contributed by atoms with Crippen LogP contribution in [0.15, 0.2) is 47.4 Å². The molecular weight excluding hydrogens is 332 g/mol. The number of hydrogen-bond acceptors (Lipinski definition) is 3. The van der Waals surface area contributed by atoms with E-state index in [9.17, 15) is 9.59 Å². The number of hydrogen-bond donors (Lipinski definition) is 2. The van der Waals surface area contributed by atoms with Gasteiger partial charge in [-0.1, -0.05) is 23.8 Å². The highest BCUT2D eigenvalue weighted by atomic mass is 32.2. The fourth-order valence-corrected chi connectivity index (χ4v) is 3.39. The molecule has 4 nitrogen and oxygen atoms in total. The van der Waals surface area contributed by atoms with Crippen molar-refractivity contribution in [1.82, 2.24) is 0 Å². The Bertz CT molecular complexity index is 800. The van der Waals surface area contributed by atoms with Gasteiger partial charge in [0.25, 0.3) is 0 Å². The quantitative estimate of drug-likeness (QED) is 0.757. The van der Waals surface area contributed by atoms with Crippen molar-refractivity contribution < 1.29 is 9.59 Å². The summed E-state index contributed by atoms with van der Waals surface area (Å²) in [7, 11) is 0. The van der Waals surface area contributed by atoms with Gasteiger partial charge >= 0.3 is 0 Å². The molecule has 2 aromatic rings. The number of benzene rings is 2. The van der Waals surface area contributed by atoms with Crippen LogP contribution in [0.2, 0.25) is 0 Å². The van der Waals surface area contributed by atoms with Gasteiger partial charge in [0.05, 0.1) is 5.75 Å². The predicted molar refractivity (Wildman–Crippen MR) is 103 cm³/mol. The topological polar surface area (TPSA) is 58.2 Å². The number of nitrogens with one attached hydrogen (secondary N) is 2. The molecule has 1 aliphatic carbocycles. The van der Waals surface area contributed by atoms with E-state index in [2.05, 4.69) is 28.8 Å². The lowest BCUT2D eigenvalue weighted by atomic mass is 10.2. The minimum absolute atomic E-state index is 0.0587. The molecule has 2 N–H and O–H groups in total. The second-order valence-corrected chi connectivity index (χ2v) is 7.47. The second-order valence-electron chi connectivity index (χ2n) is 6.45. The van der Waals surface area contributed by atoms with Gasteiger partial charge < -0.3 is 10.6 Å². The van der Waals surface area contributed by atoms with E-state index in [4.69, 9.17) is 0 Å². The van der Waals surface area contributed by atoms with Crippen LogP contribution in [0.4, 0.5) is 11.4 Å². The molecule has 0 aromatic heterocycles. The largest absolute Gasteiger partial charge is 0.326 e. The maximum absolute atomic E-state index is 12.2. The SMILES string of the molecule is Cc1ccc(C)c(SCC(=O)Nc2cccc(NC(=O)C3CC3)c2)c1. The van der Waals surface area contributed by atoms with Crippen molar-refractivity contribution in [3.05, 3.63) is 53.6 Å². The number of carbonyl (C=O) groups excluding carboxylic acids is 2. The maximum atomic E-state index is 12.2. The molecule has 3 rings (SSSR count). The Kier molecular flexibility index (Phi) is 5.43. The molecule has 130 valence electrons. The first-order valence-electron chi connectivity index (χ1n) is 8.42. The maximum Gasteiger partial charge on any atom is 0.234 e. The Morgan fingerprint density at radius 2 is 1.76 bits per heavy atom. The summed E-state index contributed by atoms with van der Waals surface area (Å²) >= 11 is 1.53. The molecule has 5 heteroatoms. The summed E-state index contributed by atoms with van der Waals surface area (Å²) in [4.78, 5) is 25.2. The van der Waals surface area contributed by atoms with Crippen LogP contribution < -0.4 is 10.6 Å². The predicted octanol–water partition coefficient (Wildman–Crippen LogP) is 4.38. The summed E-state index contributed by atoms with van der Waals surface area (Å²) in [6, 6.07) is 13.5. The van der Waals surface area contributed by atoms with Crippen molar-refractivity contribution in [2.45, 2.75) is 31.6 Å². The van der Waals surface area contributed by atoms with Gasteiger partial charge in [0, 0.05) is 22.2 Å². The molecule has 0 saturated heterocycles. The standard InChI is InChI=1S/C20H22N2O2S/c1-13-6-7-14(2)18(10-13)25-12-19(23)21-16-4-3-5-17(11-16)22-20(24)15-8-9-15/h3-7,10-11,15H,8-9,12H2,1-2H3,(H,21,23)(H,22,24). The van der Waals surface area contributed by atoms with Gasteiger partial charge in [-0.3, -0.25) is 9.59 Å². The third kappa shape index (κ3) is 5.10. The molecule has 0 radical (unpaired) electrons. The lowest BCUT2D eigenvalue weighted by molar-refractivity contribution is -0.117. The van der Waals surface area contributed by atoms with Crippen LogP contribution in [0.25, 0.3) is 0 Å². The smallest absolute Gasteiger partial charge is 0.234 e. The van der Waals surface area contributed by atoms with Crippen LogP contribution in [-0.2, 0) is 9.59 Å². The van der Waals surface area contributed by atoms with Crippen LogP contribution in [0, 0.1) is 19.8 Å². The highest BCUT2D eigenvalue weighted by molar-refractivity contribution is 8.00. The molecule has 0 heterocycles. The van der Waals surface area contributed by atoms with E-state index in [1.807, 2.05) is 32.0 Å². The first kappa shape index (κ1) is 17.5. The summed E-state index contributed by atoms with van der Waals surface area (Å²) in [6.07, 6.45) is 1.94. The Morgan fingerprint density at radius 3 is 2.48 bits per heavy atom. The zero-order chi connectivity index (χ0) is 17.8. The molecule has 0 bridgehead atoms. The average Bonchev–Trinajstić information content (AvgIpc) is 3.41. The van der Waals surface area contributed by atoms with Gasteiger partial charge in [-0.05, 0) is 56.5 Å². The fraction of sp³-hybridized carbons (Fsp3) is 0.300. The molecule has 0 aliphatic heterocycles. The molecule has 2 amide bonds. The Labute approximate surface area is 152 Å². The van der Waals surface area contributed by atoms with Crippen LogP contribution in [0.1, 0.15) is 24.0 Å². The van der Waals surface area contributed by atoms with Crippen LogP contribution in [-0.4, -0.2) is 17.6 Å². The van der Waals surface area contributed by atoms with Crippen LogP contribution >= 0.6 is 11.8 Å². The number of thioether (sulfide) groups is 1. The van der Waals surface area contributed by atoms with Gasteiger partial charge in [0.15, 0.2) is 0 Å². The van der Waals surface area contributed by atoms with Crippen molar-refractivity contribution in [1.29, 1.82) is 0 Å². The van der Waals surface area contributed by atoms with E-state index in [-0.39, 0.29) is 17.7 Å². The number of rotatable bonds is 6. The number of aryl methyl sites for hydroxylation is 2. The molecule has 1 fully saturated rings. The minimum Gasteiger partial charge on any atom is -0.326 e. The normalized spacial score (nSPS) is 13.4. The van der Waals surface area contributed by atoms with Crippen molar-refractivity contribution >= 4 is 35.0 Å². The first-order chi connectivity index (χ1) is 12.0. The fourth-order valence-electron chi connectivity index (χ4n) is 2.47. The van der Waals surface area contributed by atoms with Gasteiger partial charge in [-0.15, -0.1) is 11.8 Å². The number of carbonyl (C=O) groups is 2. The van der Waals surface area contributed by atoms with Crippen molar-refractivity contribution in [2.24, 2.45) is 5.92 Å². The average molecular weight is 354 g/mol. The van der Waals surface area contributed by atoms with E-state index in [1.54, 1.807) is 6.07 Å². The van der Waals surface area contributed by atoms with E-state index in [0.29, 0.717) is 11.4 Å². The molecule has 0 unspecified atom stereocenters. The van der Waals surface area contributed by atoms with Crippen molar-refractivity contribution in [2.75, 3.05) is 16.4 Å². The molecule has 2 aromatic carbocycles. The van der Waals surface area contributed by atoms with Crippen LogP contribution in [0.5, 0.6) is 0 Å². The van der Waals surface area contributed by atoms with Crippen molar-refractivity contribution in [3.8, 4) is 0 Å². The van der Waals surface area contributed by atoms with Gasteiger partial charge in [0.2, 0.25) is 11.8 Å². The highest BCUT2D eigenvalue weighted by Gasteiger charge is 2.29. The van der Waals surface area contributed by atoms with E-state index in [1.165, 1.54) is 22.9 Å². The summed E-state index contributed by atoms with van der Waals surface area (Å²) < 4.78 is 0. The van der Waals surface area contributed by atoms with E-state index >= 15 is 0 Å². The molecular formula is C20H22N2O2S. The van der Waals surface area contributed by atoms with Crippen LogP contribution in [0.3, 0.4) is 0 Å². The van der Waals surface area contributed by atoms with Gasteiger partial charge in [0.1, 0.15) is 0 Å².